The van der Waals surface area contributed by atoms with Crippen molar-refractivity contribution >= 4 is 81.3 Å². The highest BCUT2D eigenvalue weighted by atomic mass is 28.3. The smallest absolute Gasteiger partial charge is 0.117 e. The Labute approximate surface area is 402 Å². The van der Waals surface area contributed by atoms with Crippen molar-refractivity contribution in [2.45, 2.75) is 58.0 Å². The van der Waals surface area contributed by atoms with Crippen LogP contribution in [0.25, 0.3) is 22.8 Å². The molecule has 13 rings (SSSR count). The lowest BCUT2D eigenvalue weighted by molar-refractivity contribution is 0.410. The Morgan fingerprint density at radius 1 is 0.441 bits per heavy atom. The van der Waals surface area contributed by atoms with Crippen LogP contribution in [0, 0.1) is 5.92 Å². The van der Waals surface area contributed by atoms with Crippen LogP contribution >= 0.6 is 0 Å². The fourth-order valence-corrected chi connectivity index (χ4v) is 15.6. The molecule has 330 valence electrons. The highest BCUT2D eigenvalue weighted by molar-refractivity contribution is 7.02. The molecular formula is C64H55N3Si. The van der Waals surface area contributed by atoms with Gasteiger partial charge >= 0.3 is 0 Å². The molecule has 0 aromatic heterocycles. The summed E-state index contributed by atoms with van der Waals surface area (Å²) in [6, 6.07) is 68.1. The largest absolute Gasteiger partial charge is 0.311 e. The summed E-state index contributed by atoms with van der Waals surface area (Å²) in [5, 5.41) is 3.01. The molecule has 0 radical (unpaired) electrons. The molecule has 0 amide bonds. The minimum atomic E-state index is -1.85. The van der Waals surface area contributed by atoms with Crippen LogP contribution in [0.2, 0.25) is 13.1 Å². The molecule has 0 spiro atoms. The molecule has 1 atom stereocenters. The topological polar surface area (TPSA) is 9.72 Å². The quantitative estimate of drug-likeness (QED) is 0.159. The zero-order chi connectivity index (χ0) is 46.1. The third-order valence-electron chi connectivity index (χ3n) is 16.2. The SMILES string of the molecule is CC1(C)c2cc(/C=C/C3=CC=C4c5ccc(N6c7ccccc7[Si](C)(C)c7ccccc76)cc5C(C)(C)C4C3)ccc2-c2ccc(N3c4ccccc4N(c4ccccc4)c4ccccc43)cc21. The third kappa shape index (κ3) is 5.89. The zero-order valence-corrected chi connectivity index (χ0v) is 40.8. The molecule has 3 nitrogen and oxygen atoms in total. The van der Waals surface area contributed by atoms with Crippen molar-refractivity contribution in [1.82, 2.24) is 0 Å². The number of allylic oxidation sites excluding steroid dienone is 5. The van der Waals surface area contributed by atoms with Crippen molar-refractivity contribution in [2.75, 3.05) is 14.7 Å². The number of para-hydroxylation sites is 7. The number of anilines is 9. The Balaban J connectivity index is 0.788. The van der Waals surface area contributed by atoms with Gasteiger partial charge in [0.1, 0.15) is 8.07 Å². The van der Waals surface area contributed by atoms with E-state index in [9.17, 15) is 0 Å². The van der Waals surface area contributed by atoms with E-state index < -0.39 is 8.07 Å². The number of fused-ring (bicyclic) bond motifs is 10. The van der Waals surface area contributed by atoms with Gasteiger partial charge in [-0.3, -0.25) is 0 Å². The van der Waals surface area contributed by atoms with Crippen LogP contribution in [-0.4, -0.2) is 8.07 Å². The van der Waals surface area contributed by atoms with Crippen LogP contribution in [0.1, 0.15) is 61.9 Å². The summed E-state index contributed by atoms with van der Waals surface area (Å²) in [7, 11) is -1.85. The lowest BCUT2D eigenvalue weighted by Crippen LogP contribution is -2.58. The van der Waals surface area contributed by atoms with Gasteiger partial charge in [-0.25, -0.2) is 0 Å². The van der Waals surface area contributed by atoms with Gasteiger partial charge in [-0.1, -0.05) is 174 Å². The molecule has 5 aliphatic rings. The van der Waals surface area contributed by atoms with E-state index in [0.717, 1.165) is 12.1 Å². The van der Waals surface area contributed by atoms with E-state index in [1.165, 1.54) is 106 Å². The van der Waals surface area contributed by atoms with E-state index in [-0.39, 0.29) is 10.8 Å². The van der Waals surface area contributed by atoms with Gasteiger partial charge < -0.3 is 14.7 Å². The predicted molar refractivity (Wildman–Crippen MR) is 291 cm³/mol. The number of hydrogen-bond donors (Lipinski definition) is 0. The van der Waals surface area contributed by atoms with Gasteiger partial charge in [0.25, 0.3) is 0 Å². The van der Waals surface area contributed by atoms with Crippen molar-refractivity contribution in [3.05, 3.63) is 234 Å². The Morgan fingerprint density at radius 3 is 1.51 bits per heavy atom. The third-order valence-corrected chi connectivity index (χ3v) is 19.8. The van der Waals surface area contributed by atoms with Gasteiger partial charge in [0.2, 0.25) is 0 Å². The summed E-state index contributed by atoms with van der Waals surface area (Å²) in [6.45, 7) is 14.7. The van der Waals surface area contributed by atoms with Crippen molar-refractivity contribution < 1.29 is 0 Å². The van der Waals surface area contributed by atoms with Crippen molar-refractivity contribution in [3.63, 3.8) is 0 Å². The van der Waals surface area contributed by atoms with E-state index in [0.29, 0.717) is 5.92 Å². The summed E-state index contributed by atoms with van der Waals surface area (Å²) < 4.78 is 0. The molecule has 3 aliphatic carbocycles. The molecule has 0 N–H and O–H groups in total. The summed E-state index contributed by atoms with van der Waals surface area (Å²) in [5.41, 5.74) is 23.1. The molecule has 2 aliphatic heterocycles. The first-order valence-corrected chi connectivity index (χ1v) is 27.4. The standard InChI is InChI=1S/C64H55N3Si/c1-63(2)51-38-42(30-34-47(51)49-36-32-45(40-53(49)63)66-57-22-12-10-20-55(57)65(44-18-8-7-9-19-44)56-21-11-13-23-58(56)66)28-29-43-31-35-48-50-37-33-46(41-54(50)64(3,4)52(48)39-43)67-59-24-14-16-26-61(59)68(5,6)62-27-17-15-25-60(62)67/h7-38,40-41,52H,39H2,1-6H3/b29-28+. The number of nitrogens with zero attached hydrogens (tertiary/aromatic N) is 3. The van der Waals surface area contributed by atoms with Gasteiger partial charge in [-0.15, -0.1) is 0 Å². The maximum Gasteiger partial charge on any atom is 0.117 e. The molecule has 8 aromatic rings. The maximum atomic E-state index is 2.53. The van der Waals surface area contributed by atoms with E-state index in [4.69, 9.17) is 0 Å². The second kappa shape index (κ2) is 14.8. The van der Waals surface area contributed by atoms with Crippen LogP contribution < -0.4 is 25.1 Å². The lowest BCUT2D eigenvalue weighted by Gasteiger charge is -2.41. The van der Waals surface area contributed by atoms with E-state index in [1.54, 1.807) is 0 Å². The average molecular weight is 894 g/mol. The van der Waals surface area contributed by atoms with Crippen LogP contribution in [0.3, 0.4) is 0 Å². The second-order valence-electron chi connectivity index (χ2n) is 21.0. The van der Waals surface area contributed by atoms with Crippen LogP contribution in [-0.2, 0) is 10.8 Å². The molecule has 4 heteroatoms. The van der Waals surface area contributed by atoms with Gasteiger partial charge in [0.05, 0.1) is 22.7 Å². The number of rotatable bonds is 5. The molecule has 0 saturated heterocycles. The molecule has 68 heavy (non-hydrogen) atoms. The van der Waals surface area contributed by atoms with E-state index >= 15 is 0 Å². The first-order chi connectivity index (χ1) is 33.0. The Hall–Kier alpha value is -7.40. The first-order valence-electron chi connectivity index (χ1n) is 24.4. The minimum Gasteiger partial charge on any atom is -0.311 e. The fraction of sp³-hybridized carbons (Fsp3) is 0.156. The summed E-state index contributed by atoms with van der Waals surface area (Å²) >= 11 is 0. The molecule has 0 bridgehead atoms. The maximum absolute atomic E-state index is 2.53. The molecule has 2 heterocycles. The van der Waals surface area contributed by atoms with Crippen LogP contribution in [0.5, 0.6) is 0 Å². The molecule has 1 unspecified atom stereocenters. The molecule has 0 fully saturated rings. The van der Waals surface area contributed by atoms with Gasteiger partial charge in [-0.05, 0) is 151 Å². The zero-order valence-electron chi connectivity index (χ0n) is 39.8. The number of hydrogen-bond acceptors (Lipinski definition) is 3. The number of benzene rings is 8. The highest BCUT2D eigenvalue weighted by Gasteiger charge is 2.45. The van der Waals surface area contributed by atoms with Crippen molar-refractivity contribution in [2.24, 2.45) is 5.92 Å². The lowest BCUT2D eigenvalue weighted by atomic mass is 9.73. The van der Waals surface area contributed by atoms with Gasteiger partial charge in [0.15, 0.2) is 0 Å². The van der Waals surface area contributed by atoms with Crippen LogP contribution in [0.15, 0.2) is 206 Å². The Bertz CT molecular complexity index is 3400. The van der Waals surface area contributed by atoms with Crippen molar-refractivity contribution in [3.8, 4) is 11.1 Å². The van der Waals surface area contributed by atoms with E-state index in [2.05, 4.69) is 262 Å². The van der Waals surface area contributed by atoms with E-state index in [1.807, 2.05) is 0 Å². The summed E-state index contributed by atoms with van der Waals surface area (Å²) in [4.78, 5) is 7.37. The van der Waals surface area contributed by atoms with Gasteiger partial charge in [0, 0.05) is 33.9 Å². The second-order valence-corrected chi connectivity index (χ2v) is 25.4. The normalized spacial score (nSPS) is 18.3. The van der Waals surface area contributed by atoms with Gasteiger partial charge in [-0.2, -0.15) is 0 Å². The first kappa shape index (κ1) is 40.8. The monoisotopic (exact) mass is 893 g/mol. The van der Waals surface area contributed by atoms with Crippen LogP contribution in [0.4, 0.5) is 51.2 Å². The van der Waals surface area contributed by atoms with Crippen molar-refractivity contribution in [1.29, 1.82) is 0 Å². The predicted octanol–water partition coefficient (Wildman–Crippen LogP) is 16.2. The minimum absolute atomic E-state index is 0.0186. The summed E-state index contributed by atoms with van der Waals surface area (Å²) in [5.74, 6) is 0.410. The fourth-order valence-electron chi connectivity index (χ4n) is 12.6. The molecular weight excluding hydrogens is 839 g/mol. The Kier molecular flexibility index (Phi) is 8.89. The molecule has 0 saturated carbocycles. The summed E-state index contributed by atoms with van der Waals surface area (Å²) in [6.07, 6.45) is 10.5. The Morgan fingerprint density at radius 2 is 0.912 bits per heavy atom. The molecule has 8 aromatic carbocycles. The average Bonchev–Trinajstić information content (AvgIpc) is 3.73. The highest BCUT2D eigenvalue weighted by Crippen LogP contribution is 2.58.